The summed E-state index contributed by atoms with van der Waals surface area (Å²) in [6.45, 7) is 10.6. The second-order valence-electron chi connectivity index (χ2n) is 11.6. The molecule has 2 aromatic carbocycles. The lowest BCUT2D eigenvalue weighted by atomic mass is 9.84. The lowest BCUT2D eigenvalue weighted by Crippen LogP contribution is -2.24. The van der Waals surface area contributed by atoms with Crippen LogP contribution in [0.1, 0.15) is 102 Å². The molecule has 2 aliphatic heterocycles. The maximum atomic E-state index is 13.5. The van der Waals surface area contributed by atoms with Crippen molar-refractivity contribution in [3.05, 3.63) is 53.1 Å². The van der Waals surface area contributed by atoms with E-state index in [0.29, 0.717) is 6.42 Å². The van der Waals surface area contributed by atoms with Crippen molar-refractivity contribution < 1.29 is 23.7 Å². The minimum atomic E-state index is -0.0878. The van der Waals surface area contributed by atoms with Gasteiger partial charge in [-0.05, 0) is 66.7 Å². The van der Waals surface area contributed by atoms with Gasteiger partial charge in [-0.2, -0.15) is 0 Å². The smallest absolute Gasteiger partial charge is 0.231 e. The number of para-hydroxylation sites is 1. The monoisotopic (exact) mass is 523 g/mol. The number of rotatable bonds is 12. The Morgan fingerprint density at radius 2 is 1.87 bits per heavy atom. The Morgan fingerprint density at radius 3 is 2.63 bits per heavy atom. The van der Waals surface area contributed by atoms with E-state index >= 15 is 0 Å². The molecule has 2 aliphatic rings. The molecule has 38 heavy (non-hydrogen) atoms. The van der Waals surface area contributed by atoms with E-state index in [9.17, 15) is 4.79 Å². The van der Waals surface area contributed by atoms with Crippen molar-refractivity contribution in [1.82, 2.24) is 0 Å². The summed E-state index contributed by atoms with van der Waals surface area (Å²) in [6.07, 6.45) is 8.40. The number of hydrogen-bond acceptors (Lipinski definition) is 5. The fraction of sp³-hybridized carbons (Fsp3) is 0.594. The standard InChI is InChI=1S/C32H45NO5/c1-5-6-7-12-24(25-13-9-14-28-31(25)38-22-37-28)21-29(34)33-27-20-23(16-17-26(27)32(2,3)4)11-8-15-30-35-18-10-19-36-30/h9,13-14,16-17,20,24,30H,5-8,10-12,15,18-19,21-22H2,1-4H3,(H,33,34). The Labute approximate surface area is 228 Å². The molecule has 1 atom stereocenters. The molecule has 208 valence electrons. The first-order valence-electron chi connectivity index (χ1n) is 14.4. The number of fused-ring (bicyclic) bond motifs is 1. The summed E-state index contributed by atoms with van der Waals surface area (Å²) in [5.74, 6) is 1.69. The van der Waals surface area contributed by atoms with E-state index in [2.05, 4.69) is 57.3 Å². The van der Waals surface area contributed by atoms with Gasteiger partial charge in [0, 0.05) is 17.7 Å². The SMILES string of the molecule is CCCCCC(CC(=O)Nc1cc(CCCC2OCCCO2)ccc1C(C)(C)C)c1cccc2c1OCO2. The third-order valence-corrected chi connectivity index (χ3v) is 7.42. The molecule has 2 heterocycles. The van der Waals surface area contributed by atoms with Gasteiger partial charge >= 0.3 is 0 Å². The third kappa shape index (κ3) is 7.73. The van der Waals surface area contributed by atoms with Crippen molar-refractivity contribution in [1.29, 1.82) is 0 Å². The first-order chi connectivity index (χ1) is 18.3. The predicted molar refractivity (Wildman–Crippen MR) is 151 cm³/mol. The molecule has 0 spiro atoms. The Morgan fingerprint density at radius 1 is 1.05 bits per heavy atom. The number of carbonyl (C=O) groups is 1. The molecule has 4 rings (SSSR count). The second-order valence-corrected chi connectivity index (χ2v) is 11.6. The zero-order valence-electron chi connectivity index (χ0n) is 23.6. The molecule has 6 nitrogen and oxygen atoms in total. The van der Waals surface area contributed by atoms with Crippen LogP contribution in [0.15, 0.2) is 36.4 Å². The van der Waals surface area contributed by atoms with Crippen molar-refractivity contribution in [3.8, 4) is 11.5 Å². The summed E-state index contributed by atoms with van der Waals surface area (Å²) in [4.78, 5) is 13.5. The molecule has 0 saturated carbocycles. The van der Waals surface area contributed by atoms with Crippen LogP contribution in [0.3, 0.4) is 0 Å². The zero-order valence-corrected chi connectivity index (χ0v) is 23.6. The molecule has 6 heteroatoms. The number of hydrogen-bond donors (Lipinski definition) is 1. The Balaban J connectivity index is 1.46. The van der Waals surface area contributed by atoms with Crippen molar-refractivity contribution in [2.24, 2.45) is 0 Å². The largest absolute Gasteiger partial charge is 0.454 e. The molecule has 1 N–H and O–H groups in total. The number of carbonyl (C=O) groups excluding carboxylic acids is 1. The van der Waals surface area contributed by atoms with Gasteiger partial charge in [-0.25, -0.2) is 0 Å². The predicted octanol–water partition coefficient (Wildman–Crippen LogP) is 7.49. The van der Waals surface area contributed by atoms with Gasteiger partial charge in [0.25, 0.3) is 0 Å². The normalized spacial score (nSPS) is 16.4. The van der Waals surface area contributed by atoms with E-state index in [1.54, 1.807) is 0 Å². The number of unbranched alkanes of at least 4 members (excludes halogenated alkanes) is 2. The third-order valence-electron chi connectivity index (χ3n) is 7.42. The molecule has 0 aromatic heterocycles. The molecule has 0 radical (unpaired) electrons. The lowest BCUT2D eigenvalue weighted by molar-refractivity contribution is -0.181. The molecule has 0 bridgehead atoms. The summed E-state index contributed by atoms with van der Waals surface area (Å²) in [5.41, 5.74) is 4.26. The zero-order chi connectivity index (χ0) is 27.0. The summed E-state index contributed by atoms with van der Waals surface area (Å²) in [7, 11) is 0. The molecular formula is C32H45NO5. The molecule has 1 unspecified atom stereocenters. The Kier molecular flexibility index (Phi) is 10.1. The maximum Gasteiger partial charge on any atom is 0.231 e. The number of benzene rings is 2. The summed E-state index contributed by atoms with van der Waals surface area (Å²) >= 11 is 0. The van der Waals surface area contributed by atoms with Gasteiger partial charge in [0.15, 0.2) is 17.8 Å². The molecular weight excluding hydrogens is 478 g/mol. The summed E-state index contributed by atoms with van der Waals surface area (Å²) in [6, 6.07) is 12.5. The van der Waals surface area contributed by atoms with Crippen LogP contribution in [0.4, 0.5) is 5.69 Å². The summed E-state index contributed by atoms with van der Waals surface area (Å²) in [5, 5.41) is 3.30. The Hall–Kier alpha value is -2.57. The fourth-order valence-electron chi connectivity index (χ4n) is 5.39. The highest BCUT2D eigenvalue weighted by Crippen LogP contribution is 2.42. The van der Waals surface area contributed by atoms with E-state index in [4.69, 9.17) is 18.9 Å². The first kappa shape index (κ1) is 28.4. The topological polar surface area (TPSA) is 66.0 Å². The second kappa shape index (κ2) is 13.5. The van der Waals surface area contributed by atoms with Gasteiger partial charge in [0.1, 0.15) is 0 Å². The number of nitrogens with one attached hydrogen (secondary N) is 1. The number of amides is 1. The lowest BCUT2D eigenvalue weighted by Gasteiger charge is -2.25. The molecule has 2 aromatic rings. The van der Waals surface area contributed by atoms with Gasteiger partial charge < -0.3 is 24.3 Å². The quantitative estimate of drug-likeness (QED) is 0.292. The number of aryl methyl sites for hydroxylation is 1. The molecule has 1 saturated heterocycles. The van der Waals surface area contributed by atoms with E-state index < -0.39 is 0 Å². The van der Waals surface area contributed by atoms with Crippen LogP contribution in [0.2, 0.25) is 0 Å². The van der Waals surface area contributed by atoms with Crippen LogP contribution in [-0.2, 0) is 26.1 Å². The van der Waals surface area contributed by atoms with Crippen molar-refractivity contribution in [3.63, 3.8) is 0 Å². The minimum absolute atomic E-state index is 0.0367. The molecule has 0 aliphatic carbocycles. The van der Waals surface area contributed by atoms with E-state index in [0.717, 1.165) is 92.9 Å². The Bertz CT molecular complexity index is 1050. The van der Waals surface area contributed by atoms with E-state index in [1.807, 2.05) is 12.1 Å². The fourth-order valence-corrected chi connectivity index (χ4v) is 5.39. The number of ether oxygens (including phenoxy) is 4. The average Bonchev–Trinajstić information content (AvgIpc) is 3.38. The van der Waals surface area contributed by atoms with Gasteiger partial charge in [-0.15, -0.1) is 0 Å². The number of anilines is 1. The van der Waals surface area contributed by atoms with Crippen molar-refractivity contribution >= 4 is 11.6 Å². The minimum Gasteiger partial charge on any atom is -0.454 e. The van der Waals surface area contributed by atoms with Crippen LogP contribution in [0.5, 0.6) is 11.5 Å². The van der Waals surface area contributed by atoms with Crippen LogP contribution in [0.25, 0.3) is 0 Å². The van der Waals surface area contributed by atoms with Crippen molar-refractivity contribution in [2.75, 3.05) is 25.3 Å². The summed E-state index contributed by atoms with van der Waals surface area (Å²) < 4.78 is 22.8. The van der Waals surface area contributed by atoms with Gasteiger partial charge in [0.05, 0.1) is 13.2 Å². The van der Waals surface area contributed by atoms with Crippen LogP contribution in [-0.4, -0.2) is 32.2 Å². The highest BCUT2D eigenvalue weighted by atomic mass is 16.7. The maximum absolute atomic E-state index is 13.5. The van der Waals surface area contributed by atoms with E-state index in [1.165, 1.54) is 5.56 Å². The van der Waals surface area contributed by atoms with Gasteiger partial charge in [-0.3, -0.25) is 4.79 Å². The van der Waals surface area contributed by atoms with Crippen LogP contribution in [0, 0.1) is 0 Å². The first-order valence-corrected chi connectivity index (χ1v) is 14.4. The highest BCUT2D eigenvalue weighted by Gasteiger charge is 2.26. The van der Waals surface area contributed by atoms with Gasteiger partial charge in [0.2, 0.25) is 12.7 Å². The van der Waals surface area contributed by atoms with Crippen LogP contribution < -0.4 is 14.8 Å². The average molecular weight is 524 g/mol. The molecule has 1 amide bonds. The van der Waals surface area contributed by atoms with Crippen molar-refractivity contribution in [2.45, 2.75) is 103 Å². The van der Waals surface area contributed by atoms with Gasteiger partial charge in [-0.1, -0.05) is 71.2 Å². The molecule has 1 fully saturated rings. The van der Waals surface area contributed by atoms with Crippen LogP contribution >= 0.6 is 0 Å². The highest BCUT2D eigenvalue weighted by molar-refractivity contribution is 5.92. The van der Waals surface area contributed by atoms with E-state index in [-0.39, 0.29) is 30.3 Å².